The number of benzene rings is 1. The van der Waals surface area contributed by atoms with Crippen LogP contribution in [0.5, 0.6) is 0 Å². The molecule has 1 unspecified atom stereocenters. The maximum atomic E-state index is 13.3. The van der Waals surface area contributed by atoms with Gasteiger partial charge in [0.15, 0.2) is 5.78 Å². The van der Waals surface area contributed by atoms with Crippen molar-refractivity contribution >= 4 is 28.3 Å². The third kappa shape index (κ3) is 3.06. The van der Waals surface area contributed by atoms with Crippen LogP contribution in [0.25, 0.3) is 10.9 Å². The molecule has 0 saturated carbocycles. The fourth-order valence-corrected chi connectivity index (χ4v) is 3.31. The number of carbonyl (C=O) groups excluding carboxylic acids is 2. The van der Waals surface area contributed by atoms with E-state index in [2.05, 4.69) is 9.97 Å². The van der Waals surface area contributed by atoms with Gasteiger partial charge in [-0.2, -0.15) is 0 Å². The van der Waals surface area contributed by atoms with Crippen LogP contribution in [0.3, 0.4) is 0 Å². The molecule has 4 rings (SSSR count). The number of Topliss-reactive ketones (excluding diaryl/α,β-unsaturated/α-hetero) is 1. The second kappa shape index (κ2) is 6.85. The number of aromatic amines is 1. The number of fused-ring (bicyclic) bond motifs is 1. The second-order valence-corrected chi connectivity index (χ2v) is 6.75. The fourth-order valence-electron chi connectivity index (χ4n) is 3.31. The van der Waals surface area contributed by atoms with Crippen molar-refractivity contribution in [3.63, 3.8) is 0 Å². The third-order valence-corrected chi connectivity index (χ3v) is 4.69. The predicted octanol–water partition coefficient (Wildman–Crippen LogP) is 2.52. The highest BCUT2D eigenvalue weighted by atomic mass is 16.7. The van der Waals surface area contributed by atoms with Crippen molar-refractivity contribution in [2.24, 2.45) is 5.92 Å². The minimum absolute atomic E-state index is 0.0935. The Morgan fingerprint density at radius 3 is 2.78 bits per heavy atom. The van der Waals surface area contributed by atoms with E-state index in [1.165, 1.54) is 4.90 Å². The van der Waals surface area contributed by atoms with Crippen molar-refractivity contribution in [2.45, 2.75) is 0 Å². The molecular formula is C20H20N4O3. The smallest absolute Gasteiger partial charge is 0.270 e. The van der Waals surface area contributed by atoms with Gasteiger partial charge in [0.1, 0.15) is 5.69 Å². The number of nitrogens with one attached hydrogen (secondary N) is 1. The first-order valence-electron chi connectivity index (χ1n) is 8.73. The highest BCUT2D eigenvalue weighted by Crippen LogP contribution is 2.29. The summed E-state index contributed by atoms with van der Waals surface area (Å²) in [5, 5.41) is 2.44. The summed E-state index contributed by atoms with van der Waals surface area (Å²) in [4.78, 5) is 40.3. The van der Waals surface area contributed by atoms with Gasteiger partial charge >= 0.3 is 0 Å². The number of H-pyrrole nitrogens is 1. The number of hydrogen-bond donors (Lipinski definition) is 1. The van der Waals surface area contributed by atoms with Crippen molar-refractivity contribution in [1.29, 1.82) is 0 Å². The van der Waals surface area contributed by atoms with Gasteiger partial charge in [-0.25, -0.2) is 0 Å². The molecule has 3 aromatic rings. The van der Waals surface area contributed by atoms with Crippen molar-refractivity contribution in [3.05, 3.63) is 60.0 Å². The molecule has 1 atom stereocenters. The quantitative estimate of drug-likeness (QED) is 0.720. The topological polar surface area (TPSA) is 78.5 Å². The summed E-state index contributed by atoms with van der Waals surface area (Å²) in [6.45, 7) is 0.683. The number of carbonyl (C=O) groups is 2. The molecule has 138 valence electrons. The van der Waals surface area contributed by atoms with Gasteiger partial charge in [-0.05, 0) is 18.2 Å². The number of nitrogens with zero attached hydrogens (tertiary/aromatic N) is 3. The van der Waals surface area contributed by atoms with Crippen LogP contribution in [0.15, 0.2) is 48.8 Å². The molecule has 1 N–H and O–H groups in total. The average Bonchev–Trinajstić information content (AvgIpc) is 3.32. The third-order valence-electron chi connectivity index (χ3n) is 4.69. The van der Waals surface area contributed by atoms with E-state index in [-0.39, 0.29) is 24.2 Å². The van der Waals surface area contributed by atoms with Crippen LogP contribution in [-0.2, 0) is 4.84 Å². The number of anilines is 1. The lowest BCUT2D eigenvalue weighted by atomic mass is 9.95. The van der Waals surface area contributed by atoms with E-state index in [9.17, 15) is 9.59 Å². The van der Waals surface area contributed by atoms with Crippen LogP contribution in [0.1, 0.15) is 20.8 Å². The van der Waals surface area contributed by atoms with E-state index in [0.717, 1.165) is 16.6 Å². The van der Waals surface area contributed by atoms with Gasteiger partial charge in [0.2, 0.25) is 0 Å². The SMILES string of the molecule is CN(C)C(=O)c1[nH]c2ccccc2c1C(=O)C1CON(c2cccnc2)C1. The lowest BCUT2D eigenvalue weighted by Gasteiger charge is -2.15. The summed E-state index contributed by atoms with van der Waals surface area (Å²) in [6.07, 6.45) is 3.38. The molecule has 0 spiro atoms. The summed E-state index contributed by atoms with van der Waals surface area (Å²) in [5.74, 6) is -0.681. The summed E-state index contributed by atoms with van der Waals surface area (Å²) in [5.41, 5.74) is 2.34. The molecule has 7 nitrogen and oxygen atoms in total. The van der Waals surface area contributed by atoms with E-state index in [0.29, 0.717) is 17.8 Å². The molecule has 27 heavy (non-hydrogen) atoms. The molecular weight excluding hydrogens is 344 g/mol. The summed E-state index contributed by atoms with van der Waals surface area (Å²) < 4.78 is 0. The van der Waals surface area contributed by atoms with E-state index in [4.69, 9.17) is 4.84 Å². The van der Waals surface area contributed by atoms with Crippen molar-refractivity contribution in [2.75, 3.05) is 32.3 Å². The van der Waals surface area contributed by atoms with Crippen LogP contribution in [0.2, 0.25) is 0 Å². The number of pyridine rings is 1. The van der Waals surface area contributed by atoms with Gasteiger partial charge in [-0.1, -0.05) is 18.2 Å². The lowest BCUT2D eigenvalue weighted by molar-refractivity contribution is 0.0808. The van der Waals surface area contributed by atoms with Crippen LogP contribution in [0, 0.1) is 5.92 Å². The molecule has 1 aromatic carbocycles. The van der Waals surface area contributed by atoms with Crippen LogP contribution in [-0.4, -0.2) is 53.8 Å². The number of aromatic nitrogens is 2. The molecule has 0 radical (unpaired) electrons. The van der Waals surface area contributed by atoms with Crippen LogP contribution >= 0.6 is 0 Å². The van der Waals surface area contributed by atoms with E-state index >= 15 is 0 Å². The molecule has 0 bridgehead atoms. The first-order valence-corrected chi connectivity index (χ1v) is 8.73. The molecule has 1 fully saturated rings. The Bertz CT molecular complexity index is 997. The number of hydrogen-bond acceptors (Lipinski definition) is 5. The molecule has 3 heterocycles. The molecule has 0 aliphatic carbocycles. The maximum absolute atomic E-state index is 13.3. The van der Waals surface area contributed by atoms with Crippen LogP contribution in [0.4, 0.5) is 5.69 Å². The van der Waals surface area contributed by atoms with Gasteiger partial charge in [-0.15, -0.1) is 0 Å². The summed E-state index contributed by atoms with van der Waals surface area (Å²) in [7, 11) is 3.34. The summed E-state index contributed by atoms with van der Waals surface area (Å²) in [6, 6.07) is 11.2. The van der Waals surface area contributed by atoms with Gasteiger partial charge in [-0.3, -0.25) is 24.5 Å². The second-order valence-electron chi connectivity index (χ2n) is 6.75. The number of para-hydroxylation sites is 1. The highest BCUT2D eigenvalue weighted by Gasteiger charge is 2.34. The fraction of sp³-hybridized carbons (Fsp3) is 0.250. The molecule has 1 aliphatic rings. The van der Waals surface area contributed by atoms with Gasteiger partial charge in [0, 0.05) is 31.2 Å². The molecule has 1 saturated heterocycles. The van der Waals surface area contributed by atoms with Crippen molar-refractivity contribution in [3.8, 4) is 0 Å². The lowest BCUT2D eigenvalue weighted by Crippen LogP contribution is -2.27. The number of rotatable bonds is 4. The minimum atomic E-state index is -0.363. The van der Waals surface area contributed by atoms with Gasteiger partial charge in [0.25, 0.3) is 5.91 Å². The normalized spacial score (nSPS) is 16.7. The Hall–Kier alpha value is -3.19. The molecule has 2 aromatic heterocycles. The zero-order chi connectivity index (χ0) is 19.0. The number of hydroxylamine groups is 1. The number of ketones is 1. The van der Waals surface area contributed by atoms with Gasteiger partial charge in [0.05, 0.1) is 36.5 Å². The monoisotopic (exact) mass is 364 g/mol. The van der Waals surface area contributed by atoms with E-state index < -0.39 is 0 Å². The van der Waals surface area contributed by atoms with Crippen LogP contribution < -0.4 is 5.06 Å². The molecule has 1 amide bonds. The Labute approximate surface area is 156 Å². The zero-order valence-corrected chi connectivity index (χ0v) is 15.2. The summed E-state index contributed by atoms with van der Waals surface area (Å²) >= 11 is 0. The standard InChI is InChI=1S/C20H20N4O3/c1-23(2)20(26)18-17(15-7-3-4-8-16(15)22-18)19(25)13-11-24(27-12-13)14-6-5-9-21-10-14/h3-10,13,22H,11-12H2,1-2H3. The van der Waals surface area contributed by atoms with Crippen molar-refractivity contribution < 1.29 is 14.4 Å². The number of amides is 1. The van der Waals surface area contributed by atoms with Crippen molar-refractivity contribution in [1.82, 2.24) is 14.9 Å². The highest BCUT2D eigenvalue weighted by molar-refractivity contribution is 6.17. The van der Waals surface area contributed by atoms with Gasteiger partial charge < -0.3 is 9.88 Å². The first kappa shape index (κ1) is 17.2. The Morgan fingerprint density at radius 2 is 2.04 bits per heavy atom. The van der Waals surface area contributed by atoms with E-state index in [1.807, 2.05) is 36.4 Å². The molecule has 7 heteroatoms. The Balaban J connectivity index is 1.69. The first-order chi connectivity index (χ1) is 13.1. The van der Waals surface area contributed by atoms with E-state index in [1.54, 1.807) is 31.6 Å². The Morgan fingerprint density at radius 1 is 1.22 bits per heavy atom. The maximum Gasteiger partial charge on any atom is 0.270 e. The molecule has 1 aliphatic heterocycles. The Kier molecular flexibility index (Phi) is 4.37. The average molecular weight is 364 g/mol. The predicted molar refractivity (Wildman–Crippen MR) is 102 cm³/mol. The minimum Gasteiger partial charge on any atom is -0.350 e. The zero-order valence-electron chi connectivity index (χ0n) is 15.2. The largest absolute Gasteiger partial charge is 0.350 e.